The fourth-order valence-electron chi connectivity index (χ4n) is 1.76. The molecular weight excluding hydrogens is 290 g/mol. The molecule has 0 bridgehead atoms. The second kappa shape index (κ2) is 6.73. The topological polar surface area (TPSA) is 75.0 Å². The van der Waals surface area contributed by atoms with E-state index >= 15 is 0 Å². The molecule has 1 aromatic heterocycles. The van der Waals surface area contributed by atoms with Gasteiger partial charge in [-0.1, -0.05) is 23.7 Å². The Balaban J connectivity index is 2.21. The van der Waals surface area contributed by atoms with Crippen LogP contribution in [0.5, 0.6) is 5.75 Å². The number of ether oxygens (including phenoxy) is 1. The molecular formula is C15H12ClN3O2. The van der Waals surface area contributed by atoms with E-state index in [-0.39, 0.29) is 17.7 Å². The van der Waals surface area contributed by atoms with E-state index < -0.39 is 0 Å². The second-order valence-electron chi connectivity index (χ2n) is 4.22. The fraction of sp³-hybridized carbons (Fsp3) is 0.133. The highest BCUT2D eigenvalue weighted by Gasteiger charge is 2.11. The monoisotopic (exact) mass is 301 g/mol. The van der Waals surface area contributed by atoms with E-state index in [0.29, 0.717) is 22.7 Å². The molecule has 2 aromatic rings. The maximum Gasteiger partial charge on any atom is 0.255 e. The van der Waals surface area contributed by atoms with Crippen molar-refractivity contribution in [2.45, 2.75) is 6.92 Å². The predicted octanol–water partition coefficient (Wildman–Crippen LogP) is 3.20. The third-order valence-corrected chi connectivity index (χ3v) is 2.81. The molecule has 1 N–H and O–H groups in total. The maximum atomic E-state index is 12.2. The van der Waals surface area contributed by atoms with Crippen molar-refractivity contribution in [3.05, 3.63) is 52.8 Å². The van der Waals surface area contributed by atoms with E-state index in [1.54, 1.807) is 37.3 Å². The molecule has 1 amide bonds. The third-order valence-electron chi connectivity index (χ3n) is 2.61. The number of nitriles is 1. The number of para-hydroxylation sites is 2. The van der Waals surface area contributed by atoms with Crippen molar-refractivity contribution in [3.8, 4) is 11.8 Å². The number of rotatable bonds is 4. The number of carbonyl (C=O) groups is 1. The Labute approximate surface area is 127 Å². The lowest BCUT2D eigenvalue weighted by Crippen LogP contribution is -2.13. The van der Waals surface area contributed by atoms with Gasteiger partial charge in [0, 0.05) is 11.3 Å². The normalized spacial score (nSPS) is 9.76. The van der Waals surface area contributed by atoms with Crippen molar-refractivity contribution in [3.63, 3.8) is 0 Å². The lowest BCUT2D eigenvalue weighted by molar-refractivity contribution is 0.102. The first kappa shape index (κ1) is 14.8. The predicted molar refractivity (Wildman–Crippen MR) is 79.5 cm³/mol. The van der Waals surface area contributed by atoms with Crippen molar-refractivity contribution in [1.29, 1.82) is 5.26 Å². The van der Waals surface area contributed by atoms with Crippen LogP contribution < -0.4 is 10.1 Å². The number of aryl methyl sites for hydroxylation is 1. The summed E-state index contributed by atoms with van der Waals surface area (Å²) in [6.45, 7) is 1.67. The van der Waals surface area contributed by atoms with Crippen LogP contribution in [0.2, 0.25) is 5.15 Å². The van der Waals surface area contributed by atoms with Crippen LogP contribution in [0.1, 0.15) is 16.1 Å². The van der Waals surface area contributed by atoms with Gasteiger partial charge < -0.3 is 10.1 Å². The summed E-state index contributed by atoms with van der Waals surface area (Å²) in [4.78, 5) is 16.2. The van der Waals surface area contributed by atoms with Crippen LogP contribution in [0.15, 0.2) is 36.4 Å². The van der Waals surface area contributed by atoms with Crippen molar-refractivity contribution in [2.24, 2.45) is 0 Å². The molecule has 21 heavy (non-hydrogen) atoms. The van der Waals surface area contributed by atoms with Gasteiger partial charge in [-0.3, -0.25) is 4.79 Å². The van der Waals surface area contributed by atoms with Crippen molar-refractivity contribution in [2.75, 3.05) is 11.9 Å². The minimum Gasteiger partial charge on any atom is -0.477 e. The average Bonchev–Trinajstić information content (AvgIpc) is 2.45. The van der Waals surface area contributed by atoms with Crippen LogP contribution in [0.4, 0.5) is 5.69 Å². The molecule has 0 aliphatic heterocycles. The van der Waals surface area contributed by atoms with Gasteiger partial charge in [0.25, 0.3) is 5.91 Å². The van der Waals surface area contributed by atoms with Crippen LogP contribution in [0, 0.1) is 18.3 Å². The Morgan fingerprint density at radius 2 is 2.19 bits per heavy atom. The molecule has 0 aliphatic carbocycles. The summed E-state index contributed by atoms with van der Waals surface area (Å²) in [5.41, 5.74) is 1.55. The van der Waals surface area contributed by atoms with Crippen LogP contribution >= 0.6 is 11.6 Å². The Morgan fingerprint density at radius 3 is 2.90 bits per heavy atom. The molecule has 2 rings (SSSR count). The molecule has 5 nitrogen and oxygen atoms in total. The van der Waals surface area contributed by atoms with Crippen LogP contribution in [0.3, 0.4) is 0 Å². The van der Waals surface area contributed by atoms with Gasteiger partial charge in [-0.05, 0) is 31.2 Å². The van der Waals surface area contributed by atoms with E-state index in [4.69, 9.17) is 21.6 Å². The molecule has 1 aromatic carbocycles. The molecule has 0 unspecified atom stereocenters. The van der Waals surface area contributed by atoms with E-state index in [1.807, 2.05) is 6.07 Å². The van der Waals surface area contributed by atoms with Crippen molar-refractivity contribution < 1.29 is 9.53 Å². The minimum absolute atomic E-state index is 0.0902. The Morgan fingerprint density at radius 1 is 1.43 bits per heavy atom. The van der Waals surface area contributed by atoms with E-state index in [0.717, 1.165) is 0 Å². The quantitative estimate of drug-likeness (QED) is 0.880. The number of carbonyl (C=O) groups excluding carboxylic acids is 1. The molecule has 0 aliphatic rings. The third kappa shape index (κ3) is 3.94. The number of nitrogens with one attached hydrogen (secondary N) is 1. The number of hydrogen-bond donors (Lipinski definition) is 1. The first-order valence-electron chi connectivity index (χ1n) is 6.14. The number of aromatic nitrogens is 1. The maximum absolute atomic E-state index is 12.2. The molecule has 0 atom stereocenters. The number of pyridine rings is 1. The molecule has 0 radical (unpaired) electrons. The highest BCUT2D eigenvalue weighted by molar-refractivity contribution is 6.29. The fourth-order valence-corrected chi connectivity index (χ4v) is 2.01. The summed E-state index contributed by atoms with van der Waals surface area (Å²) >= 11 is 5.85. The number of benzene rings is 1. The Bertz CT molecular complexity index is 690. The minimum atomic E-state index is -0.324. The standard InChI is InChI=1S/C15H12ClN3O2/c1-10-8-11(9-14(16)18-10)15(20)19-12-4-2-3-5-13(12)21-7-6-17/h2-5,8-9H,7H2,1H3,(H,19,20). The van der Waals surface area contributed by atoms with Gasteiger partial charge in [0.15, 0.2) is 6.61 Å². The first-order chi connectivity index (χ1) is 10.1. The van der Waals surface area contributed by atoms with E-state index in [1.165, 1.54) is 6.07 Å². The molecule has 106 valence electrons. The number of nitrogens with zero attached hydrogens (tertiary/aromatic N) is 2. The van der Waals surface area contributed by atoms with E-state index in [9.17, 15) is 4.79 Å². The average molecular weight is 302 g/mol. The summed E-state index contributed by atoms with van der Waals surface area (Å²) in [5.74, 6) is 0.111. The summed E-state index contributed by atoms with van der Waals surface area (Å²) < 4.78 is 5.26. The summed E-state index contributed by atoms with van der Waals surface area (Å²) in [5, 5.41) is 11.5. The van der Waals surface area contributed by atoms with E-state index in [2.05, 4.69) is 10.3 Å². The van der Waals surface area contributed by atoms with Crippen LogP contribution in [-0.2, 0) is 0 Å². The number of hydrogen-bond acceptors (Lipinski definition) is 4. The zero-order valence-electron chi connectivity index (χ0n) is 11.3. The molecule has 1 heterocycles. The highest BCUT2D eigenvalue weighted by atomic mass is 35.5. The zero-order valence-corrected chi connectivity index (χ0v) is 12.0. The lowest BCUT2D eigenvalue weighted by atomic mass is 10.2. The molecule has 0 saturated heterocycles. The van der Waals surface area contributed by atoms with Gasteiger partial charge >= 0.3 is 0 Å². The highest BCUT2D eigenvalue weighted by Crippen LogP contribution is 2.24. The Kier molecular flexibility index (Phi) is 4.75. The smallest absolute Gasteiger partial charge is 0.255 e. The van der Waals surface area contributed by atoms with Gasteiger partial charge in [0.1, 0.15) is 17.0 Å². The van der Waals surface area contributed by atoms with Crippen LogP contribution in [-0.4, -0.2) is 17.5 Å². The van der Waals surface area contributed by atoms with Gasteiger partial charge in [-0.15, -0.1) is 0 Å². The number of anilines is 1. The lowest BCUT2D eigenvalue weighted by Gasteiger charge is -2.11. The molecule has 6 heteroatoms. The van der Waals surface area contributed by atoms with Gasteiger partial charge in [-0.25, -0.2) is 4.98 Å². The summed E-state index contributed by atoms with van der Waals surface area (Å²) in [6, 6.07) is 11.9. The van der Waals surface area contributed by atoms with Crippen molar-refractivity contribution >= 4 is 23.2 Å². The zero-order chi connectivity index (χ0) is 15.2. The number of amides is 1. The molecule has 0 saturated carbocycles. The largest absolute Gasteiger partial charge is 0.477 e. The molecule has 0 spiro atoms. The molecule has 0 fully saturated rings. The van der Waals surface area contributed by atoms with Crippen molar-refractivity contribution in [1.82, 2.24) is 4.98 Å². The summed E-state index contributed by atoms with van der Waals surface area (Å²) in [7, 11) is 0. The van der Waals surface area contributed by atoms with Gasteiger partial charge in [-0.2, -0.15) is 5.26 Å². The van der Waals surface area contributed by atoms with Crippen LogP contribution in [0.25, 0.3) is 0 Å². The Hall–Kier alpha value is -2.58. The number of halogens is 1. The second-order valence-corrected chi connectivity index (χ2v) is 4.60. The van der Waals surface area contributed by atoms with Gasteiger partial charge in [0.2, 0.25) is 0 Å². The van der Waals surface area contributed by atoms with Gasteiger partial charge in [0.05, 0.1) is 5.69 Å². The SMILES string of the molecule is Cc1cc(C(=O)Nc2ccccc2OCC#N)cc(Cl)n1. The summed E-state index contributed by atoms with van der Waals surface area (Å²) in [6.07, 6.45) is 0. The first-order valence-corrected chi connectivity index (χ1v) is 6.52.